The van der Waals surface area contributed by atoms with Gasteiger partial charge in [0.05, 0.1) is 12.0 Å². The summed E-state index contributed by atoms with van der Waals surface area (Å²) in [5.74, 6) is 1.86. The first kappa shape index (κ1) is 15.6. The number of benzene rings is 2. The second-order valence-corrected chi connectivity index (χ2v) is 6.47. The normalized spacial score (nSPS) is 12.0. The van der Waals surface area contributed by atoms with Crippen LogP contribution in [-0.4, -0.2) is 5.78 Å². The van der Waals surface area contributed by atoms with E-state index in [0.29, 0.717) is 6.42 Å². The Bertz CT molecular complexity index is 721. The number of ketones is 1. The van der Waals surface area contributed by atoms with Crippen LogP contribution in [-0.2, 0) is 5.75 Å². The number of Topliss-reactive ketones (excluding diaryl/α,β-unsaturated/α-hetero) is 1. The van der Waals surface area contributed by atoms with Crippen LogP contribution in [0.4, 0.5) is 0 Å². The first-order valence-electron chi connectivity index (χ1n) is 7.60. The van der Waals surface area contributed by atoms with Crippen LogP contribution in [0.5, 0.6) is 0 Å². The van der Waals surface area contributed by atoms with Crippen molar-refractivity contribution in [3.8, 4) is 0 Å². The summed E-state index contributed by atoms with van der Waals surface area (Å²) in [5, 5.41) is 0.119. The molecule has 0 aliphatic carbocycles. The van der Waals surface area contributed by atoms with E-state index in [2.05, 4.69) is 12.1 Å². The van der Waals surface area contributed by atoms with Crippen molar-refractivity contribution in [3.05, 3.63) is 95.9 Å². The van der Waals surface area contributed by atoms with Crippen LogP contribution in [0.15, 0.2) is 83.5 Å². The quantitative estimate of drug-likeness (QED) is 0.536. The number of rotatable bonds is 7. The molecule has 2 aromatic carbocycles. The summed E-state index contributed by atoms with van der Waals surface area (Å²) in [4.78, 5) is 12.6. The van der Waals surface area contributed by atoms with E-state index in [1.807, 2.05) is 60.7 Å². The van der Waals surface area contributed by atoms with E-state index in [4.69, 9.17) is 4.42 Å². The summed E-state index contributed by atoms with van der Waals surface area (Å²) in [6, 6.07) is 23.5. The number of hydrogen-bond donors (Lipinski definition) is 0. The Kier molecular flexibility index (Phi) is 5.33. The summed E-state index contributed by atoms with van der Waals surface area (Å²) >= 11 is 1.74. The van der Waals surface area contributed by atoms with E-state index < -0.39 is 0 Å². The fraction of sp³-hybridized carbons (Fsp3) is 0.150. The Morgan fingerprint density at radius 3 is 2.26 bits per heavy atom. The third-order valence-electron chi connectivity index (χ3n) is 3.64. The van der Waals surface area contributed by atoms with Crippen LogP contribution in [0.2, 0.25) is 0 Å². The summed E-state index contributed by atoms with van der Waals surface area (Å²) < 4.78 is 5.40. The van der Waals surface area contributed by atoms with Gasteiger partial charge >= 0.3 is 0 Å². The van der Waals surface area contributed by atoms with Crippen molar-refractivity contribution in [1.29, 1.82) is 0 Å². The topological polar surface area (TPSA) is 30.2 Å². The van der Waals surface area contributed by atoms with E-state index in [9.17, 15) is 4.79 Å². The SMILES string of the molecule is O=C(CC(SCc1ccco1)c1ccccc1)c1ccccc1. The van der Waals surface area contributed by atoms with Crippen molar-refractivity contribution >= 4 is 17.5 Å². The molecule has 1 atom stereocenters. The molecule has 3 aromatic rings. The highest BCUT2D eigenvalue weighted by Crippen LogP contribution is 2.35. The Morgan fingerprint density at radius 1 is 0.913 bits per heavy atom. The van der Waals surface area contributed by atoms with Crippen LogP contribution in [0, 0.1) is 0 Å². The first-order valence-corrected chi connectivity index (χ1v) is 8.65. The Labute approximate surface area is 140 Å². The van der Waals surface area contributed by atoms with Crippen LogP contribution < -0.4 is 0 Å². The van der Waals surface area contributed by atoms with Gasteiger partial charge in [-0.05, 0) is 17.7 Å². The molecule has 0 bridgehead atoms. The maximum Gasteiger partial charge on any atom is 0.164 e. The fourth-order valence-corrected chi connectivity index (χ4v) is 3.58. The largest absolute Gasteiger partial charge is 0.468 e. The lowest BCUT2D eigenvalue weighted by molar-refractivity contribution is 0.0982. The number of carbonyl (C=O) groups is 1. The lowest BCUT2D eigenvalue weighted by atomic mass is 10.0. The van der Waals surface area contributed by atoms with Gasteiger partial charge in [0, 0.05) is 17.2 Å². The molecule has 2 nitrogen and oxygen atoms in total. The van der Waals surface area contributed by atoms with Gasteiger partial charge in [0.15, 0.2) is 5.78 Å². The summed E-state index contributed by atoms with van der Waals surface area (Å²) in [6.07, 6.45) is 2.17. The third-order valence-corrected chi connectivity index (χ3v) is 4.94. The predicted octanol–water partition coefficient (Wildman–Crippen LogP) is 5.53. The second-order valence-electron chi connectivity index (χ2n) is 5.28. The highest BCUT2D eigenvalue weighted by atomic mass is 32.2. The molecule has 0 radical (unpaired) electrons. The van der Waals surface area contributed by atoms with Gasteiger partial charge in [-0.3, -0.25) is 4.79 Å². The van der Waals surface area contributed by atoms with Crippen LogP contribution in [0.1, 0.15) is 33.4 Å². The molecule has 3 rings (SSSR count). The molecular formula is C20H18O2S. The Balaban J connectivity index is 1.73. The molecule has 0 aliphatic rings. The lowest BCUT2D eigenvalue weighted by Gasteiger charge is -2.16. The molecule has 23 heavy (non-hydrogen) atoms. The van der Waals surface area contributed by atoms with Gasteiger partial charge in [-0.15, -0.1) is 11.8 Å². The third kappa shape index (κ3) is 4.36. The number of thioether (sulfide) groups is 1. The van der Waals surface area contributed by atoms with Crippen molar-refractivity contribution in [2.24, 2.45) is 0 Å². The zero-order chi connectivity index (χ0) is 15.9. The van der Waals surface area contributed by atoms with E-state index in [0.717, 1.165) is 17.1 Å². The summed E-state index contributed by atoms with van der Waals surface area (Å²) in [7, 11) is 0. The van der Waals surface area contributed by atoms with Gasteiger partial charge in [0.1, 0.15) is 5.76 Å². The number of hydrogen-bond acceptors (Lipinski definition) is 3. The highest BCUT2D eigenvalue weighted by Gasteiger charge is 2.18. The Hall–Kier alpha value is -2.26. The van der Waals surface area contributed by atoms with E-state index >= 15 is 0 Å². The van der Waals surface area contributed by atoms with Crippen molar-refractivity contribution < 1.29 is 9.21 Å². The zero-order valence-electron chi connectivity index (χ0n) is 12.7. The average molecular weight is 322 g/mol. The van der Waals surface area contributed by atoms with Crippen LogP contribution in [0.25, 0.3) is 0 Å². The minimum atomic E-state index is 0.119. The molecule has 0 aliphatic heterocycles. The molecule has 116 valence electrons. The van der Waals surface area contributed by atoms with Crippen molar-refractivity contribution in [3.63, 3.8) is 0 Å². The smallest absolute Gasteiger partial charge is 0.164 e. The average Bonchev–Trinajstić information content (AvgIpc) is 3.13. The molecule has 0 fully saturated rings. The van der Waals surface area contributed by atoms with E-state index in [1.165, 1.54) is 5.56 Å². The molecule has 0 saturated heterocycles. The van der Waals surface area contributed by atoms with E-state index in [-0.39, 0.29) is 11.0 Å². The van der Waals surface area contributed by atoms with Gasteiger partial charge in [-0.25, -0.2) is 0 Å². The van der Waals surface area contributed by atoms with Crippen molar-refractivity contribution in [2.75, 3.05) is 0 Å². The number of carbonyl (C=O) groups excluding carboxylic acids is 1. The molecule has 0 saturated carbocycles. The predicted molar refractivity (Wildman–Crippen MR) is 94.6 cm³/mol. The molecule has 1 aromatic heterocycles. The highest BCUT2D eigenvalue weighted by molar-refractivity contribution is 7.98. The molecule has 0 spiro atoms. The standard InChI is InChI=1S/C20H18O2S/c21-19(16-8-3-1-4-9-16)14-20(17-10-5-2-6-11-17)23-15-18-12-7-13-22-18/h1-13,20H,14-15H2. The van der Waals surface area contributed by atoms with Gasteiger partial charge in [0.25, 0.3) is 0 Å². The molecule has 1 unspecified atom stereocenters. The van der Waals surface area contributed by atoms with Gasteiger partial charge in [0.2, 0.25) is 0 Å². The summed E-state index contributed by atoms with van der Waals surface area (Å²) in [5.41, 5.74) is 1.94. The lowest BCUT2D eigenvalue weighted by Crippen LogP contribution is -2.05. The maximum absolute atomic E-state index is 12.6. The first-order chi connectivity index (χ1) is 11.3. The van der Waals surface area contributed by atoms with Crippen molar-refractivity contribution in [2.45, 2.75) is 17.4 Å². The fourth-order valence-electron chi connectivity index (χ4n) is 2.43. The van der Waals surface area contributed by atoms with E-state index in [1.54, 1.807) is 18.0 Å². The molecule has 0 amide bonds. The molecule has 0 N–H and O–H groups in total. The van der Waals surface area contributed by atoms with Gasteiger partial charge < -0.3 is 4.42 Å². The molecule has 3 heteroatoms. The maximum atomic E-state index is 12.6. The van der Waals surface area contributed by atoms with Gasteiger partial charge in [-0.2, -0.15) is 0 Å². The molecular weight excluding hydrogens is 304 g/mol. The van der Waals surface area contributed by atoms with Crippen molar-refractivity contribution in [1.82, 2.24) is 0 Å². The monoisotopic (exact) mass is 322 g/mol. The van der Waals surface area contributed by atoms with Crippen LogP contribution >= 0.6 is 11.8 Å². The Morgan fingerprint density at radius 2 is 1.61 bits per heavy atom. The second kappa shape index (κ2) is 7.84. The molecule has 1 heterocycles. The van der Waals surface area contributed by atoms with Crippen LogP contribution in [0.3, 0.4) is 0 Å². The minimum absolute atomic E-state index is 0.119. The zero-order valence-corrected chi connectivity index (χ0v) is 13.5. The minimum Gasteiger partial charge on any atom is -0.468 e. The number of furan rings is 1. The summed E-state index contributed by atoms with van der Waals surface area (Å²) in [6.45, 7) is 0. The van der Waals surface area contributed by atoms with Gasteiger partial charge in [-0.1, -0.05) is 60.7 Å².